The average Bonchev–Trinajstić information content (AvgIpc) is 2.29. The molecule has 0 saturated heterocycles. The first-order valence-electron chi connectivity index (χ1n) is 5.56. The molecule has 88 valence electrons. The van der Waals surface area contributed by atoms with Gasteiger partial charge in [-0.05, 0) is 29.3 Å². The van der Waals surface area contributed by atoms with Gasteiger partial charge in [-0.2, -0.15) is 0 Å². The highest BCUT2D eigenvalue weighted by Gasteiger charge is 2.04. The summed E-state index contributed by atoms with van der Waals surface area (Å²) < 4.78 is 0. The summed E-state index contributed by atoms with van der Waals surface area (Å²) in [6, 6.07) is 12.1. The lowest BCUT2D eigenvalue weighted by molar-refractivity contribution is 0.216. The molecule has 0 saturated carbocycles. The van der Waals surface area contributed by atoms with Crippen molar-refractivity contribution in [2.24, 2.45) is 5.73 Å². The molecule has 0 spiro atoms. The molecule has 3 nitrogen and oxygen atoms in total. The van der Waals surface area contributed by atoms with Crippen molar-refractivity contribution in [1.82, 2.24) is 4.90 Å². The summed E-state index contributed by atoms with van der Waals surface area (Å²) in [4.78, 5) is 12.5. The fraction of sp³-hybridized carbons (Fsp3) is 0.214. The number of primary amides is 1. The highest BCUT2D eigenvalue weighted by molar-refractivity contribution is 5.83. The molecular formula is C14H16N2O. The number of carbonyl (C=O) groups excluding carboxylic acids is 1. The molecule has 0 aliphatic carbocycles. The molecule has 0 unspecified atom stereocenters. The molecule has 0 aromatic heterocycles. The molecule has 3 heteroatoms. The Labute approximate surface area is 101 Å². The zero-order valence-corrected chi connectivity index (χ0v) is 10.1. The Bertz CT molecular complexity index is 563. The normalized spacial score (nSPS) is 10.5. The lowest BCUT2D eigenvalue weighted by atomic mass is 10.0. The Hall–Kier alpha value is -2.03. The van der Waals surface area contributed by atoms with Crippen LogP contribution in [-0.2, 0) is 6.54 Å². The Morgan fingerprint density at radius 2 is 1.82 bits per heavy atom. The van der Waals surface area contributed by atoms with Gasteiger partial charge in [-0.25, -0.2) is 4.79 Å². The highest BCUT2D eigenvalue weighted by Crippen LogP contribution is 2.18. The Kier molecular flexibility index (Phi) is 3.00. The molecule has 17 heavy (non-hydrogen) atoms. The average molecular weight is 228 g/mol. The summed E-state index contributed by atoms with van der Waals surface area (Å²) in [7, 11) is 1.70. The van der Waals surface area contributed by atoms with Gasteiger partial charge in [0.2, 0.25) is 0 Å². The highest BCUT2D eigenvalue weighted by atomic mass is 16.2. The molecule has 2 aromatic rings. The van der Waals surface area contributed by atoms with E-state index < -0.39 is 6.03 Å². The van der Waals surface area contributed by atoms with E-state index in [4.69, 9.17) is 5.73 Å². The van der Waals surface area contributed by atoms with Crippen LogP contribution < -0.4 is 5.73 Å². The number of hydrogen-bond acceptors (Lipinski definition) is 1. The zero-order valence-electron chi connectivity index (χ0n) is 10.1. The zero-order chi connectivity index (χ0) is 12.4. The Balaban J connectivity index is 2.32. The maximum absolute atomic E-state index is 11.0. The van der Waals surface area contributed by atoms with Gasteiger partial charge in [0.1, 0.15) is 0 Å². The standard InChI is InChI=1S/C14H16N2O/c1-10-3-5-13-8-11(4-6-12(13)7-10)9-16(2)14(15)17/h3-8H,9H2,1-2H3,(H2,15,17). The van der Waals surface area contributed by atoms with Crippen LogP contribution >= 0.6 is 0 Å². The van der Waals surface area contributed by atoms with Crippen LogP contribution in [0.3, 0.4) is 0 Å². The lowest BCUT2D eigenvalue weighted by Gasteiger charge is -2.14. The van der Waals surface area contributed by atoms with E-state index in [9.17, 15) is 4.79 Å². The molecule has 0 fully saturated rings. The lowest BCUT2D eigenvalue weighted by Crippen LogP contribution is -2.31. The van der Waals surface area contributed by atoms with E-state index in [1.807, 2.05) is 6.07 Å². The van der Waals surface area contributed by atoms with Gasteiger partial charge in [0.15, 0.2) is 0 Å². The minimum absolute atomic E-state index is 0.408. The second-order valence-electron chi connectivity index (χ2n) is 4.38. The fourth-order valence-corrected chi connectivity index (χ4v) is 1.86. The number of nitrogens with two attached hydrogens (primary N) is 1. The van der Waals surface area contributed by atoms with E-state index in [2.05, 4.69) is 37.3 Å². The van der Waals surface area contributed by atoms with Crippen LogP contribution in [0, 0.1) is 6.92 Å². The van der Waals surface area contributed by atoms with Crippen LogP contribution in [0.1, 0.15) is 11.1 Å². The van der Waals surface area contributed by atoms with E-state index in [-0.39, 0.29) is 0 Å². The van der Waals surface area contributed by atoms with E-state index in [1.165, 1.54) is 21.2 Å². The van der Waals surface area contributed by atoms with E-state index in [0.29, 0.717) is 6.54 Å². The molecule has 0 bridgehead atoms. The first-order valence-corrected chi connectivity index (χ1v) is 5.56. The molecule has 0 aliphatic rings. The van der Waals surface area contributed by atoms with Crippen molar-refractivity contribution in [3.8, 4) is 0 Å². The largest absolute Gasteiger partial charge is 0.351 e. The van der Waals surface area contributed by atoms with Crippen molar-refractivity contribution in [3.05, 3.63) is 47.5 Å². The molecule has 0 radical (unpaired) electrons. The van der Waals surface area contributed by atoms with Gasteiger partial charge in [0.05, 0.1) is 0 Å². The number of fused-ring (bicyclic) bond motifs is 1. The SMILES string of the molecule is Cc1ccc2cc(CN(C)C(N)=O)ccc2c1. The third-order valence-corrected chi connectivity index (χ3v) is 2.86. The van der Waals surface area contributed by atoms with Gasteiger partial charge in [-0.15, -0.1) is 0 Å². The first-order chi connectivity index (χ1) is 8.06. The smallest absolute Gasteiger partial charge is 0.314 e. The van der Waals surface area contributed by atoms with Gasteiger partial charge in [-0.1, -0.05) is 35.9 Å². The third kappa shape index (κ3) is 2.56. The monoisotopic (exact) mass is 228 g/mol. The van der Waals surface area contributed by atoms with Crippen LogP contribution in [0.15, 0.2) is 36.4 Å². The van der Waals surface area contributed by atoms with Gasteiger partial charge < -0.3 is 10.6 Å². The number of hydrogen-bond donors (Lipinski definition) is 1. The molecule has 2 rings (SSSR count). The number of carbonyl (C=O) groups is 1. The van der Waals surface area contributed by atoms with Crippen LogP contribution in [-0.4, -0.2) is 18.0 Å². The van der Waals surface area contributed by atoms with E-state index in [0.717, 1.165) is 5.56 Å². The number of rotatable bonds is 2. The predicted molar refractivity (Wildman–Crippen MR) is 69.7 cm³/mol. The fourth-order valence-electron chi connectivity index (χ4n) is 1.86. The van der Waals surface area contributed by atoms with Crippen LogP contribution in [0.5, 0.6) is 0 Å². The number of urea groups is 1. The van der Waals surface area contributed by atoms with E-state index >= 15 is 0 Å². The minimum atomic E-state index is -0.408. The molecule has 0 atom stereocenters. The molecule has 2 aromatic carbocycles. The van der Waals surface area contributed by atoms with Crippen LogP contribution in [0.25, 0.3) is 10.8 Å². The third-order valence-electron chi connectivity index (χ3n) is 2.86. The van der Waals surface area contributed by atoms with Crippen molar-refractivity contribution in [2.45, 2.75) is 13.5 Å². The summed E-state index contributed by atoms with van der Waals surface area (Å²) in [6.45, 7) is 2.62. The number of amides is 2. The van der Waals surface area contributed by atoms with Gasteiger partial charge in [-0.3, -0.25) is 0 Å². The summed E-state index contributed by atoms with van der Waals surface area (Å²) in [5, 5.41) is 2.40. The number of benzene rings is 2. The summed E-state index contributed by atoms with van der Waals surface area (Å²) >= 11 is 0. The topological polar surface area (TPSA) is 46.3 Å². The van der Waals surface area contributed by atoms with Gasteiger partial charge in [0.25, 0.3) is 0 Å². The second kappa shape index (κ2) is 4.45. The predicted octanol–water partition coefficient (Wildman–Crippen LogP) is 2.66. The van der Waals surface area contributed by atoms with Crippen molar-refractivity contribution >= 4 is 16.8 Å². The minimum Gasteiger partial charge on any atom is -0.351 e. The first kappa shape index (κ1) is 11.5. The van der Waals surface area contributed by atoms with Crippen LogP contribution in [0.2, 0.25) is 0 Å². The molecule has 0 heterocycles. The molecule has 2 amide bonds. The van der Waals surface area contributed by atoms with Gasteiger partial charge >= 0.3 is 6.03 Å². The van der Waals surface area contributed by atoms with Crippen molar-refractivity contribution in [3.63, 3.8) is 0 Å². The number of nitrogens with zero attached hydrogens (tertiary/aromatic N) is 1. The summed E-state index contributed by atoms with van der Waals surface area (Å²) in [5.41, 5.74) is 7.54. The maximum atomic E-state index is 11.0. The summed E-state index contributed by atoms with van der Waals surface area (Å²) in [6.07, 6.45) is 0. The van der Waals surface area contributed by atoms with Crippen LogP contribution in [0.4, 0.5) is 4.79 Å². The van der Waals surface area contributed by atoms with E-state index in [1.54, 1.807) is 7.05 Å². The quantitative estimate of drug-likeness (QED) is 0.844. The second-order valence-corrected chi connectivity index (χ2v) is 4.38. The van der Waals surface area contributed by atoms with Crippen molar-refractivity contribution in [2.75, 3.05) is 7.05 Å². The van der Waals surface area contributed by atoms with Gasteiger partial charge in [0, 0.05) is 13.6 Å². The maximum Gasteiger partial charge on any atom is 0.314 e. The Morgan fingerprint density at radius 3 is 2.53 bits per heavy atom. The Morgan fingerprint density at radius 1 is 1.18 bits per heavy atom. The number of aryl methyl sites for hydroxylation is 1. The molecule has 2 N–H and O–H groups in total. The van der Waals surface area contributed by atoms with Crippen molar-refractivity contribution in [1.29, 1.82) is 0 Å². The molecule has 0 aliphatic heterocycles. The summed E-state index contributed by atoms with van der Waals surface area (Å²) in [5.74, 6) is 0. The molecular weight excluding hydrogens is 212 g/mol. The van der Waals surface area contributed by atoms with Crippen molar-refractivity contribution < 1.29 is 4.79 Å².